The Morgan fingerprint density at radius 2 is 2.05 bits per heavy atom. The van der Waals surface area contributed by atoms with Crippen LogP contribution in [0.25, 0.3) is 0 Å². The minimum absolute atomic E-state index is 0.0704. The van der Waals surface area contributed by atoms with Gasteiger partial charge in [-0.1, -0.05) is 23.7 Å². The van der Waals surface area contributed by atoms with Gasteiger partial charge in [-0.05, 0) is 58.2 Å². The largest absolute Gasteiger partial charge is 0.488 e. The molecule has 2 rings (SSSR count). The summed E-state index contributed by atoms with van der Waals surface area (Å²) in [5, 5.41) is 8.07. The van der Waals surface area contributed by atoms with Gasteiger partial charge >= 0.3 is 0 Å². The molecule has 3 N–H and O–H groups in total. The van der Waals surface area contributed by atoms with Gasteiger partial charge in [0.1, 0.15) is 18.2 Å². The fourth-order valence-corrected chi connectivity index (χ4v) is 2.57. The minimum atomic E-state index is 0.0704. The van der Waals surface area contributed by atoms with Gasteiger partial charge in [0.15, 0.2) is 0 Å². The third-order valence-electron chi connectivity index (χ3n) is 2.93. The lowest BCUT2D eigenvalue weighted by Crippen LogP contribution is -2.11. The summed E-state index contributed by atoms with van der Waals surface area (Å²) in [6, 6.07) is 11.0. The molecule has 5 heteroatoms. The molecule has 0 saturated heterocycles. The fourth-order valence-electron chi connectivity index (χ4n) is 1.77. The van der Waals surface area contributed by atoms with E-state index in [4.69, 9.17) is 27.5 Å². The maximum Gasteiger partial charge on any atom is 0.134 e. The standard InChI is InChI=1S/C15H14BrClN2O/c1-9-6-10(15(18)19)2-3-11(9)8-20-14-5-4-12(17)7-13(14)16/h2-7H,8H2,1H3,(H3,18,19). The molecular weight excluding hydrogens is 340 g/mol. The number of halogens is 2. The van der Waals surface area contributed by atoms with Crippen LogP contribution in [0.3, 0.4) is 0 Å². The summed E-state index contributed by atoms with van der Waals surface area (Å²) in [7, 11) is 0. The van der Waals surface area contributed by atoms with Gasteiger partial charge in [-0.3, -0.25) is 5.41 Å². The number of hydrogen-bond acceptors (Lipinski definition) is 2. The molecule has 0 heterocycles. The number of aryl methyl sites for hydroxylation is 1. The molecule has 0 amide bonds. The average molecular weight is 354 g/mol. The van der Waals surface area contributed by atoms with Crippen molar-refractivity contribution in [1.82, 2.24) is 0 Å². The lowest BCUT2D eigenvalue weighted by Gasteiger charge is -2.11. The van der Waals surface area contributed by atoms with Crippen molar-refractivity contribution in [3.8, 4) is 5.75 Å². The Morgan fingerprint density at radius 3 is 2.65 bits per heavy atom. The molecule has 0 aliphatic rings. The highest BCUT2D eigenvalue weighted by molar-refractivity contribution is 9.10. The first-order chi connectivity index (χ1) is 9.47. The fraction of sp³-hybridized carbons (Fsp3) is 0.133. The van der Waals surface area contributed by atoms with Crippen LogP contribution in [-0.2, 0) is 6.61 Å². The van der Waals surface area contributed by atoms with E-state index in [2.05, 4.69) is 15.9 Å². The van der Waals surface area contributed by atoms with Gasteiger partial charge in [0.25, 0.3) is 0 Å². The molecule has 0 aromatic heterocycles. The lowest BCUT2D eigenvalue weighted by molar-refractivity contribution is 0.303. The minimum Gasteiger partial charge on any atom is -0.488 e. The van der Waals surface area contributed by atoms with Gasteiger partial charge in [0.05, 0.1) is 4.47 Å². The number of rotatable bonds is 4. The topological polar surface area (TPSA) is 59.1 Å². The lowest BCUT2D eigenvalue weighted by atomic mass is 10.1. The molecule has 0 unspecified atom stereocenters. The molecule has 0 aliphatic heterocycles. The summed E-state index contributed by atoms with van der Waals surface area (Å²) in [6.07, 6.45) is 0. The Bertz CT molecular complexity index is 658. The highest BCUT2D eigenvalue weighted by Crippen LogP contribution is 2.28. The normalized spacial score (nSPS) is 10.3. The maximum absolute atomic E-state index is 7.42. The predicted octanol–water partition coefficient (Wildman–Crippen LogP) is 4.27. The summed E-state index contributed by atoms with van der Waals surface area (Å²) in [6.45, 7) is 2.42. The Kier molecular flexibility index (Phi) is 4.68. The number of nitrogen functional groups attached to an aromatic ring is 1. The van der Waals surface area contributed by atoms with Crippen LogP contribution in [-0.4, -0.2) is 5.84 Å². The smallest absolute Gasteiger partial charge is 0.134 e. The van der Waals surface area contributed by atoms with Gasteiger partial charge in [-0.2, -0.15) is 0 Å². The van der Waals surface area contributed by atoms with Gasteiger partial charge in [0.2, 0.25) is 0 Å². The van der Waals surface area contributed by atoms with E-state index in [0.29, 0.717) is 11.6 Å². The molecule has 104 valence electrons. The van der Waals surface area contributed by atoms with Crippen molar-refractivity contribution >= 4 is 33.4 Å². The molecule has 0 aliphatic carbocycles. The summed E-state index contributed by atoms with van der Waals surface area (Å²) < 4.78 is 6.59. The molecule has 0 fully saturated rings. The van der Waals surface area contributed by atoms with E-state index in [0.717, 1.165) is 26.9 Å². The van der Waals surface area contributed by atoms with Gasteiger partial charge in [-0.25, -0.2) is 0 Å². The number of benzene rings is 2. The summed E-state index contributed by atoms with van der Waals surface area (Å²) in [5.41, 5.74) is 8.28. The number of nitrogens with two attached hydrogens (primary N) is 1. The molecule has 0 saturated carbocycles. The van der Waals surface area contributed by atoms with Crippen LogP contribution in [0.2, 0.25) is 5.02 Å². The second-order valence-electron chi connectivity index (χ2n) is 4.42. The van der Waals surface area contributed by atoms with Gasteiger partial charge < -0.3 is 10.5 Å². The highest BCUT2D eigenvalue weighted by atomic mass is 79.9. The Labute approximate surface area is 131 Å². The Balaban J connectivity index is 2.13. The van der Waals surface area contributed by atoms with Crippen molar-refractivity contribution in [3.63, 3.8) is 0 Å². The van der Waals surface area contributed by atoms with E-state index in [1.807, 2.05) is 31.2 Å². The van der Waals surface area contributed by atoms with Crippen LogP contribution in [0.15, 0.2) is 40.9 Å². The van der Waals surface area contributed by atoms with E-state index >= 15 is 0 Å². The third-order valence-corrected chi connectivity index (χ3v) is 3.79. The van der Waals surface area contributed by atoms with Crippen molar-refractivity contribution in [2.24, 2.45) is 5.73 Å². The Morgan fingerprint density at radius 1 is 1.30 bits per heavy atom. The zero-order valence-corrected chi connectivity index (χ0v) is 13.3. The number of nitrogens with one attached hydrogen (secondary N) is 1. The van der Waals surface area contributed by atoms with Crippen molar-refractivity contribution < 1.29 is 4.74 Å². The molecular formula is C15H14BrClN2O. The SMILES string of the molecule is Cc1cc(C(=N)N)ccc1COc1ccc(Cl)cc1Br. The first kappa shape index (κ1) is 14.9. The second-order valence-corrected chi connectivity index (χ2v) is 5.71. The zero-order valence-electron chi connectivity index (χ0n) is 10.9. The van der Waals surface area contributed by atoms with Crippen LogP contribution in [0.5, 0.6) is 5.75 Å². The summed E-state index contributed by atoms with van der Waals surface area (Å²) in [4.78, 5) is 0. The van der Waals surface area contributed by atoms with Crippen molar-refractivity contribution in [2.75, 3.05) is 0 Å². The van der Waals surface area contributed by atoms with Crippen molar-refractivity contribution in [1.29, 1.82) is 5.41 Å². The van der Waals surface area contributed by atoms with E-state index in [1.54, 1.807) is 12.1 Å². The van der Waals surface area contributed by atoms with Gasteiger partial charge in [0, 0.05) is 10.6 Å². The summed E-state index contributed by atoms with van der Waals surface area (Å²) >= 11 is 9.30. The van der Waals surface area contributed by atoms with E-state index in [9.17, 15) is 0 Å². The molecule has 20 heavy (non-hydrogen) atoms. The number of ether oxygens (including phenoxy) is 1. The molecule has 0 spiro atoms. The molecule has 0 bridgehead atoms. The third kappa shape index (κ3) is 3.52. The van der Waals surface area contributed by atoms with E-state index in [-0.39, 0.29) is 5.84 Å². The highest BCUT2D eigenvalue weighted by Gasteiger charge is 2.05. The number of hydrogen-bond donors (Lipinski definition) is 2. The first-order valence-electron chi connectivity index (χ1n) is 5.99. The molecule has 3 nitrogen and oxygen atoms in total. The van der Waals surface area contributed by atoms with Crippen LogP contribution in [0.4, 0.5) is 0 Å². The van der Waals surface area contributed by atoms with Crippen LogP contribution in [0, 0.1) is 12.3 Å². The molecule has 2 aromatic rings. The predicted molar refractivity (Wildman–Crippen MR) is 85.7 cm³/mol. The van der Waals surface area contributed by atoms with Gasteiger partial charge in [-0.15, -0.1) is 0 Å². The molecule has 2 aromatic carbocycles. The van der Waals surface area contributed by atoms with Crippen LogP contribution in [0.1, 0.15) is 16.7 Å². The quantitative estimate of drug-likeness (QED) is 0.637. The molecule has 0 atom stereocenters. The number of amidine groups is 1. The molecule has 0 radical (unpaired) electrons. The van der Waals surface area contributed by atoms with E-state index < -0.39 is 0 Å². The van der Waals surface area contributed by atoms with Crippen molar-refractivity contribution in [3.05, 3.63) is 62.6 Å². The average Bonchev–Trinajstić information content (AvgIpc) is 2.38. The summed E-state index contributed by atoms with van der Waals surface area (Å²) in [5.74, 6) is 0.811. The van der Waals surface area contributed by atoms with Crippen molar-refractivity contribution in [2.45, 2.75) is 13.5 Å². The monoisotopic (exact) mass is 352 g/mol. The Hall–Kier alpha value is -1.52. The second kappa shape index (κ2) is 6.29. The zero-order chi connectivity index (χ0) is 14.7. The van der Waals surface area contributed by atoms with E-state index in [1.165, 1.54) is 0 Å². The first-order valence-corrected chi connectivity index (χ1v) is 7.16. The maximum atomic E-state index is 7.42. The van der Waals surface area contributed by atoms with Crippen LogP contribution >= 0.6 is 27.5 Å². The van der Waals surface area contributed by atoms with Crippen LogP contribution < -0.4 is 10.5 Å².